The summed E-state index contributed by atoms with van der Waals surface area (Å²) in [5, 5.41) is 0. The molecule has 0 aliphatic rings. The molecule has 1 aromatic carbocycles. The molecule has 0 aromatic heterocycles. The van der Waals surface area contributed by atoms with E-state index in [1.807, 2.05) is 6.92 Å². The highest BCUT2D eigenvalue weighted by atomic mass is 32.2. The highest BCUT2D eigenvalue weighted by Gasteiger charge is 2.34. The van der Waals surface area contributed by atoms with E-state index < -0.39 is 23.6 Å². The van der Waals surface area contributed by atoms with E-state index in [1.165, 1.54) is 17.8 Å². The first kappa shape index (κ1) is 15.3. The van der Waals surface area contributed by atoms with Crippen LogP contribution in [0.15, 0.2) is 18.2 Å². The molecule has 0 aliphatic heterocycles. The van der Waals surface area contributed by atoms with Crippen molar-refractivity contribution in [3.05, 3.63) is 35.1 Å². The van der Waals surface area contributed by atoms with Crippen molar-refractivity contribution in [3.8, 4) is 0 Å². The molecule has 0 fully saturated rings. The lowest BCUT2D eigenvalue weighted by molar-refractivity contribution is -0.140. The van der Waals surface area contributed by atoms with E-state index in [1.54, 1.807) is 0 Å². The Hall–Kier alpha value is -0.790. The van der Waals surface area contributed by atoms with Crippen LogP contribution in [0, 0.1) is 5.82 Å². The summed E-state index contributed by atoms with van der Waals surface area (Å²) in [6.45, 7) is 1.93. The summed E-state index contributed by atoms with van der Waals surface area (Å²) in [6.07, 6.45) is -4.70. The fourth-order valence-electron chi connectivity index (χ4n) is 1.45. The fraction of sp³-hybridized carbons (Fsp3) is 0.455. The Labute approximate surface area is 107 Å². The van der Waals surface area contributed by atoms with Crippen LogP contribution in [-0.2, 0) is 6.18 Å². The number of benzene rings is 1. The van der Waals surface area contributed by atoms with Crippen LogP contribution in [0.4, 0.5) is 17.6 Å². The predicted molar refractivity (Wildman–Crippen MR) is 64.5 cm³/mol. The van der Waals surface area contributed by atoms with Gasteiger partial charge >= 0.3 is 6.18 Å². The Kier molecular flexibility index (Phi) is 5.43. The fourth-order valence-corrected chi connectivity index (χ4v) is 2.21. The van der Waals surface area contributed by atoms with Crippen molar-refractivity contribution in [1.82, 2.24) is 5.43 Å². The second kappa shape index (κ2) is 6.40. The average molecular weight is 282 g/mol. The lowest BCUT2D eigenvalue weighted by Crippen LogP contribution is -2.30. The predicted octanol–water partition coefficient (Wildman–Crippen LogP) is 3.10. The summed E-state index contributed by atoms with van der Waals surface area (Å²) in [7, 11) is 0. The Balaban J connectivity index is 3.02. The Bertz CT molecular complexity index is 395. The van der Waals surface area contributed by atoms with Gasteiger partial charge in [-0.15, -0.1) is 0 Å². The van der Waals surface area contributed by atoms with Crippen molar-refractivity contribution in [3.63, 3.8) is 0 Å². The molecule has 0 saturated heterocycles. The summed E-state index contributed by atoms with van der Waals surface area (Å²) < 4.78 is 50.8. The van der Waals surface area contributed by atoms with Crippen LogP contribution in [-0.4, -0.2) is 11.5 Å². The van der Waals surface area contributed by atoms with Crippen LogP contribution in [0.5, 0.6) is 0 Å². The van der Waals surface area contributed by atoms with Crippen molar-refractivity contribution in [2.75, 3.05) is 11.5 Å². The SMILES string of the molecule is CCSCC(NN)c1ccc(F)c(C(F)(F)F)c1. The number of hydrogen-bond donors (Lipinski definition) is 2. The van der Waals surface area contributed by atoms with Gasteiger partial charge in [0, 0.05) is 5.75 Å². The zero-order valence-electron chi connectivity index (χ0n) is 9.72. The maximum atomic E-state index is 13.1. The van der Waals surface area contributed by atoms with Gasteiger partial charge in [0.2, 0.25) is 0 Å². The largest absolute Gasteiger partial charge is 0.419 e. The van der Waals surface area contributed by atoms with Crippen molar-refractivity contribution < 1.29 is 17.6 Å². The number of thioether (sulfide) groups is 1. The quantitative estimate of drug-likeness (QED) is 0.495. The summed E-state index contributed by atoms with van der Waals surface area (Å²) in [6, 6.07) is 2.50. The van der Waals surface area contributed by atoms with Crippen LogP contribution in [0.3, 0.4) is 0 Å². The van der Waals surface area contributed by atoms with Crippen LogP contribution in [0.1, 0.15) is 24.1 Å². The molecule has 0 aliphatic carbocycles. The zero-order valence-corrected chi connectivity index (χ0v) is 10.5. The van der Waals surface area contributed by atoms with Crippen molar-refractivity contribution in [2.24, 2.45) is 5.84 Å². The number of alkyl halides is 3. The van der Waals surface area contributed by atoms with Crippen LogP contribution in [0.2, 0.25) is 0 Å². The van der Waals surface area contributed by atoms with Gasteiger partial charge in [0.05, 0.1) is 11.6 Å². The van der Waals surface area contributed by atoms with Crippen LogP contribution in [0.25, 0.3) is 0 Å². The first-order chi connectivity index (χ1) is 8.40. The third-order valence-corrected chi connectivity index (χ3v) is 3.37. The summed E-state index contributed by atoms with van der Waals surface area (Å²) in [5.41, 5.74) is 1.50. The van der Waals surface area contributed by atoms with E-state index >= 15 is 0 Å². The minimum Gasteiger partial charge on any atom is -0.271 e. The number of rotatable bonds is 5. The van der Waals surface area contributed by atoms with Crippen LogP contribution >= 0.6 is 11.8 Å². The van der Waals surface area contributed by atoms with Gasteiger partial charge in [0.15, 0.2) is 0 Å². The van der Waals surface area contributed by atoms with Crippen LogP contribution < -0.4 is 11.3 Å². The number of halogens is 4. The number of hydrogen-bond acceptors (Lipinski definition) is 3. The average Bonchev–Trinajstić information content (AvgIpc) is 2.30. The lowest BCUT2D eigenvalue weighted by atomic mass is 10.0. The molecule has 1 rings (SSSR count). The van der Waals surface area contributed by atoms with Crippen molar-refractivity contribution in [1.29, 1.82) is 0 Å². The second-order valence-corrected chi connectivity index (χ2v) is 4.93. The maximum Gasteiger partial charge on any atom is 0.419 e. The normalized spacial score (nSPS) is 13.7. The van der Waals surface area contributed by atoms with E-state index in [9.17, 15) is 17.6 Å². The molecular formula is C11H14F4N2S. The van der Waals surface area contributed by atoms with E-state index in [2.05, 4.69) is 5.43 Å². The molecule has 7 heteroatoms. The molecule has 1 unspecified atom stereocenters. The third kappa shape index (κ3) is 3.86. The Morgan fingerprint density at radius 1 is 1.39 bits per heavy atom. The molecule has 3 N–H and O–H groups in total. The van der Waals surface area contributed by atoms with Gasteiger partial charge in [-0.1, -0.05) is 13.0 Å². The number of nitrogens with one attached hydrogen (secondary N) is 1. The van der Waals surface area contributed by atoms with Gasteiger partial charge in [-0.25, -0.2) is 4.39 Å². The summed E-state index contributed by atoms with van der Waals surface area (Å²) in [4.78, 5) is 0. The highest BCUT2D eigenvalue weighted by Crippen LogP contribution is 2.33. The third-order valence-electron chi connectivity index (χ3n) is 2.39. The molecule has 0 amide bonds. The van der Waals surface area contributed by atoms with E-state index in [-0.39, 0.29) is 0 Å². The summed E-state index contributed by atoms with van der Waals surface area (Å²) >= 11 is 1.54. The minimum atomic E-state index is -4.70. The van der Waals surface area contributed by atoms with E-state index in [0.29, 0.717) is 11.3 Å². The minimum absolute atomic E-state index is 0.326. The van der Waals surface area contributed by atoms with Gasteiger partial charge in [0.25, 0.3) is 0 Å². The molecule has 0 saturated carbocycles. The van der Waals surface area contributed by atoms with Crippen molar-refractivity contribution >= 4 is 11.8 Å². The standard InChI is InChI=1S/C11H14F4N2S/c1-2-18-6-10(17-16)7-3-4-9(12)8(5-7)11(13,14)15/h3-5,10,17H,2,6,16H2,1H3. The molecular weight excluding hydrogens is 268 g/mol. The highest BCUT2D eigenvalue weighted by molar-refractivity contribution is 7.99. The molecule has 1 aromatic rings. The van der Waals surface area contributed by atoms with E-state index in [4.69, 9.17) is 5.84 Å². The molecule has 0 radical (unpaired) electrons. The second-order valence-electron chi connectivity index (χ2n) is 3.62. The van der Waals surface area contributed by atoms with Gasteiger partial charge in [-0.3, -0.25) is 11.3 Å². The van der Waals surface area contributed by atoms with E-state index in [0.717, 1.165) is 17.9 Å². The molecule has 0 bridgehead atoms. The maximum absolute atomic E-state index is 13.1. The van der Waals surface area contributed by atoms with Gasteiger partial charge in [0.1, 0.15) is 5.82 Å². The zero-order chi connectivity index (χ0) is 13.8. The monoisotopic (exact) mass is 282 g/mol. The lowest BCUT2D eigenvalue weighted by Gasteiger charge is -2.17. The molecule has 18 heavy (non-hydrogen) atoms. The topological polar surface area (TPSA) is 38.0 Å². The first-order valence-corrected chi connectivity index (χ1v) is 6.46. The molecule has 1 atom stereocenters. The first-order valence-electron chi connectivity index (χ1n) is 5.30. The van der Waals surface area contributed by atoms with Crippen molar-refractivity contribution in [2.45, 2.75) is 19.1 Å². The molecule has 0 spiro atoms. The molecule has 2 nitrogen and oxygen atoms in total. The smallest absolute Gasteiger partial charge is 0.271 e. The van der Waals surface area contributed by atoms with Gasteiger partial charge < -0.3 is 0 Å². The Morgan fingerprint density at radius 2 is 2.06 bits per heavy atom. The Morgan fingerprint density at radius 3 is 2.56 bits per heavy atom. The number of hydrazine groups is 1. The number of nitrogens with two attached hydrogens (primary N) is 1. The summed E-state index contributed by atoms with van der Waals surface area (Å²) in [5.74, 6) is 5.38. The van der Waals surface area contributed by atoms with Gasteiger partial charge in [-0.2, -0.15) is 24.9 Å². The molecule has 0 heterocycles. The molecule has 102 valence electrons. The van der Waals surface area contributed by atoms with Gasteiger partial charge in [-0.05, 0) is 23.4 Å².